The summed E-state index contributed by atoms with van der Waals surface area (Å²) in [5, 5.41) is 8.93. The maximum Gasteiger partial charge on any atom is 0.336 e. The molecule has 0 fully saturated rings. The van der Waals surface area contributed by atoms with Crippen LogP contribution in [0.1, 0.15) is 27.5 Å². The molecule has 3 N–H and O–H groups in total. The van der Waals surface area contributed by atoms with Crippen LogP contribution in [-0.2, 0) is 11.3 Å². The highest BCUT2D eigenvalue weighted by Gasteiger charge is 2.21. The third kappa shape index (κ3) is 1.38. The van der Waals surface area contributed by atoms with Crippen LogP contribution >= 0.6 is 0 Å². The highest BCUT2D eigenvalue weighted by atomic mass is 16.5. The van der Waals surface area contributed by atoms with Gasteiger partial charge < -0.3 is 15.6 Å². The zero-order chi connectivity index (χ0) is 10.1. The monoisotopic (exact) mass is 193 g/mol. The van der Waals surface area contributed by atoms with E-state index in [2.05, 4.69) is 0 Å². The average molecular weight is 193 g/mol. The number of fused-ring (bicyclic) bond motifs is 1. The van der Waals surface area contributed by atoms with Gasteiger partial charge in [-0.3, -0.25) is 0 Å². The molecule has 0 aliphatic carbocycles. The zero-order valence-corrected chi connectivity index (χ0v) is 7.56. The number of carboxylic acid groups (broad SMARTS) is 1. The van der Waals surface area contributed by atoms with Crippen LogP contribution in [0.15, 0.2) is 18.2 Å². The van der Waals surface area contributed by atoms with E-state index in [-0.39, 0.29) is 11.6 Å². The highest BCUT2D eigenvalue weighted by Crippen LogP contribution is 2.25. The summed E-state index contributed by atoms with van der Waals surface area (Å²) in [7, 11) is 0. The number of rotatable bonds is 1. The lowest BCUT2D eigenvalue weighted by atomic mass is 9.95. The summed E-state index contributed by atoms with van der Waals surface area (Å²) in [5.74, 6) is -0.931. The van der Waals surface area contributed by atoms with Crippen LogP contribution in [0.2, 0.25) is 0 Å². The molecule has 74 valence electrons. The van der Waals surface area contributed by atoms with Crippen LogP contribution in [0.3, 0.4) is 0 Å². The van der Waals surface area contributed by atoms with E-state index < -0.39 is 5.97 Å². The van der Waals surface area contributed by atoms with Gasteiger partial charge in [-0.1, -0.05) is 12.1 Å². The SMILES string of the molecule is N[C@@H]1COCc2c(C(=O)O)cccc21. The molecule has 1 aromatic carbocycles. The Kier molecular flexibility index (Phi) is 2.23. The van der Waals surface area contributed by atoms with Crippen molar-refractivity contribution in [1.29, 1.82) is 0 Å². The van der Waals surface area contributed by atoms with Crippen molar-refractivity contribution in [1.82, 2.24) is 0 Å². The molecule has 0 saturated heterocycles. The molecule has 4 nitrogen and oxygen atoms in total. The van der Waals surface area contributed by atoms with Gasteiger partial charge in [0.05, 0.1) is 24.8 Å². The number of carboxylic acids is 1. The number of hydrogen-bond donors (Lipinski definition) is 2. The van der Waals surface area contributed by atoms with E-state index in [1.807, 2.05) is 6.07 Å². The molecule has 0 amide bonds. The zero-order valence-electron chi connectivity index (χ0n) is 7.56. The van der Waals surface area contributed by atoms with Crippen molar-refractivity contribution in [2.24, 2.45) is 5.73 Å². The molecule has 14 heavy (non-hydrogen) atoms. The first-order chi connectivity index (χ1) is 6.70. The lowest BCUT2D eigenvalue weighted by Gasteiger charge is -2.23. The second-order valence-corrected chi connectivity index (χ2v) is 3.30. The summed E-state index contributed by atoms with van der Waals surface area (Å²) >= 11 is 0. The first-order valence-corrected chi connectivity index (χ1v) is 4.38. The number of ether oxygens (including phenoxy) is 1. The van der Waals surface area contributed by atoms with Crippen LogP contribution in [0.5, 0.6) is 0 Å². The molecule has 1 aromatic rings. The molecule has 0 unspecified atom stereocenters. The predicted molar refractivity (Wildman–Crippen MR) is 50.0 cm³/mol. The summed E-state index contributed by atoms with van der Waals surface area (Å²) in [5.41, 5.74) is 7.68. The van der Waals surface area contributed by atoms with Gasteiger partial charge in [-0.25, -0.2) is 4.79 Å². The molecular weight excluding hydrogens is 182 g/mol. The van der Waals surface area contributed by atoms with Gasteiger partial charge in [-0.2, -0.15) is 0 Å². The minimum absolute atomic E-state index is 0.210. The van der Waals surface area contributed by atoms with Crippen LogP contribution in [0, 0.1) is 0 Å². The standard InChI is InChI=1S/C10H11NO3/c11-9-5-14-4-8-6(9)2-1-3-7(8)10(12)13/h1-3,9H,4-5,11H2,(H,12,13)/t9-/m1/s1. The molecule has 0 spiro atoms. The fraction of sp³-hybridized carbons (Fsp3) is 0.300. The summed E-state index contributed by atoms with van der Waals surface area (Å²) in [6.07, 6.45) is 0. The van der Waals surface area contributed by atoms with E-state index in [4.69, 9.17) is 15.6 Å². The van der Waals surface area contributed by atoms with Crippen molar-refractivity contribution >= 4 is 5.97 Å². The number of carbonyl (C=O) groups is 1. The first-order valence-electron chi connectivity index (χ1n) is 4.38. The molecule has 1 aliphatic rings. The maximum atomic E-state index is 10.9. The second kappa shape index (κ2) is 3.40. The third-order valence-electron chi connectivity index (χ3n) is 2.39. The van der Waals surface area contributed by atoms with Gasteiger partial charge in [-0.15, -0.1) is 0 Å². The normalized spacial score (nSPS) is 20.2. The number of aromatic carboxylic acids is 1. The van der Waals surface area contributed by atoms with Crippen molar-refractivity contribution in [3.8, 4) is 0 Å². The van der Waals surface area contributed by atoms with E-state index in [1.165, 1.54) is 0 Å². The Balaban J connectivity index is 2.55. The van der Waals surface area contributed by atoms with Crippen molar-refractivity contribution in [2.75, 3.05) is 6.61 Å². The summed E-state index contributed by atoms with van der Waals surface area (Å²) in [4.78, 5) is 10.9. The third-order valence-corrected chi connectivity index (χ3v) is 2.39. The minimum atomic E-state index is -0.931. The van der Waals surface area contributed by atoms with Crippen molar-refractivity contribution in [3.05, 3.63) is 34.9 Å². The smallest absolute Gasteiger partial charge is 0.336 e. The maximum absolute atomic E-state index is 10.9. The summed E-state index contributed by atoms with van der Waals surface area (Å²) < 4.78 is 5.21. The van der Waals surface area contributed by atoms with Gasteiger partial charge in [0.15, 0.2) is 0 Å². The van der Waals surface area contributed by atoms with E-state index in [1.54, 1.807) is 12.1 Å². The molecule has 1 atom stereocenters. The molecule has 1 aliphatic heterocycles. The number of hydrogen-bond acceptors (Lipinski definition) is 3. The van der Waals surface area contributed by atoms with Crippen molar-refractivity contribution in [2.45, 2.75) is 12.6 Å². The molecule has 4 heteroatoms. The van der Waals surface area contributed by atoms with Crippen LogP contribution in [0.25, 0.3) is 0 Å². The minimum Gasteiger partial charge on any atom is -0.478 e. The molecule has 0 bridgehead atoms. The molecule has 0 saturated carbocycles. The predicted octanol–water partition coefficient (Wildman–Crippen LogP) is 0.915. The van der Waals surface area contributed by atoms with E-state index in [0.29, 0.717) is 18.8 Å². The number of benzene rings is 1. The van der Waals surface area contributed by atoms with E-state index in [0.717, 1.165) is 5.56 Å². The van der Waals surface area contributed by atoms with Gasteiger partial charge in [0.2, 0.25) is 0 Å². The van der Waals surface area contributed by atoms with E-state index in [9.17, 15) is 4.79 Å². The molecule has 0 aromatic heterocycles. The molecule has 1 heterocycles. The summed E-state index contributed by atoms with van der Waals surface area (Å²) in [6.45, 7) is 0.793. The Morgan fingerprint density at radius 1 is 1.57 bits per heavy atom. The number of nitrogens with two attached hydrogens (primary N) is 1. The quantitative estimate of drug-likeness (QED) is 0.695. The van der Waals surface area contributed by atoms with Gasteiger partial charge in [0, 0.05) is 0 Å². The van der Waals surface area contributed by atoms with Crippen LogP contribution in [0.4, 0.5) is 0 Å². The molecular formula is C10H11NO3. The van der Waals surface area contributed by atoms with Gasteiger partial charge >= 0.3 is 5.97 Å². The topological polar surface area (TPSA) is 72.5 Å². The van der Waals surface area contributed by atoms with Crippen molar-refractivity contribution < 1.29 is 14.6 Å². The average Bonchev–Trinajstić information content (AvgIpc) is 2.17. The Labute approximate surface area is 81.3 Å². The van der Waals surface area contributed by atoms with E-state index >= 15 is 0 Å². The fourth-order valence-corrected chi connectivity index (χ4v) is 1.69. The fourth-order valence-electron chi connectivity index (χ4n) is 1.69. The Hall–Kier alpha value is -1.39. The molecule has 2 rings (SSSR count). The Morgan fingerprint density at radius 2 is 2.36 bits per heavy atom. The lowest BCUT2D eigenvalue weighted by molar-refractivity contribution is 0.0672. The van der Waals surface area contributed by atoms with Crippen LogP contribution in [-0.4, -0.2) is 17.7 Å². The second-order valence-electron chi connectivity index (χ2n) is 3.30. The van der Waals surface area contributed by atoms with Gasteiger partial charge in [-0.05, 0) is 17.2 Å². The molecule has 0 radical (unpaired) electrons. The van der Waals surface area contributed by atoms with Gasteiger partial charge in [0.1, 0.15) is 0 Å². The Morgan fingerprint density at radius 3 is 3.07 bits per heavy atom. The summed E-state index contributed by atoms with van der Waals surface area (Å²) in [6, 6.07) is 4.93. The van der Waals surface area contributed by atoms with Gasteiger partial charge in [0.25, 0.3) is 0 Å². The Bertz CT molecular complexity index is 376. The first kappa shape index (κ1) is 9.18. The van der Waals surface area contributed by atoms with Crippen LogP contribution < -0.4 is 5.73 Å². The highest BCUT2D eigenvalue weighted by molar-refractivity contribution is 5.89. The largest absolute Gasteiger partial charge is 0.478 e. The lowest BCUT2D eigenvalue weighted by Crippen LogP contribution is -2.25. The van der Waals surface area contributed by atoms with Crippen molar-refractivity contribution in [3.63, 3.8) is 0 Å².